The number of hydrogen-bond donors (Lipinski definition) is 1. The number of nitrogens with zero attached hydrogens (tertiary/aromatic N) is 3. The molecule has 1 aromatic heterocycles. The summed E-state index contributed by atoms with van der Waals surface area (Å²) in [6.45, 7) is 4.49. The first-order chi connectivity index (χ1) is 12.9. The molecule has 0 aliphatic carbocycles. The average Bonchev–Trinajstić information content (AvgIpc) is 3.25. The highest BCUT2D eigenvalue weighted by atomic mass is 32.2. The zero-order valence-corrected chi connectivity index (χ0v) is 16.0. The van der Waals surface area contributed by atoms with Crippen LogP contribution in [-0.4, -0.2) is 51.7 Å². The zero-order chi connectivity index (χ0) is 19.4. The van der Waals surface area contributed by atoms with Crippen molar-refractivity contribution in [3.63, 3.8) is 0 Å². The van der Waals surface area contributed by atoms with Gasteiger partial charge in [-0.3, -0.25) is 19.7 Å². The summed E-state index contributed by atoms with van der Waals surface area (Å²) in [7, 11) is 0. The lowest BCUT2D eigenvalue weighted by molar-refractivity contribution is -0.135. The van der Waals surface area contributed by atoms with Gasteiger partial charge in [-0.1, -0.05) is 17.8 Å². The molecule has 1 saturated heterocycles. The molecule has 1 N–H and O–H groups in total. The van der Waals surface area contributed by atoms with Crippen molar-refractivity contribution >= 4 is 29.5 Å². The van der Waals surface area contributed by atoms with Crippen LogP contribution in [0.5, 0.6) is 0 Å². The van der Waals surface area contributed by atoms with Gasteiger partial charge in [0.1, 0.15) is 0 Å². The molecule has 0 spiro atoms. The summed E-state index contributed by atoms with van der Waals surface area (Å²) in [5.41, 5.74) is 3.10. The highest BCUT2D eigenvalue weighted by Gasteiger charge is 2.23. The standard InChI is InChI=1S/C18H20N4O4S/c1-11-5-6-13(8-12(11)2)17-20-21-18(26-17)27-10-15(24)19-14(23)9-22-7-3-4-16(22)25/h5-6,8H,3-4,7,9-10H2,1-2H3,(H,19,23,24). The number of aryl methyl sites for hydroxylation is 2. The lowest BCUT2D eigenvalue weighted by atomic mass is 10.1. The zero-order valence-electron chi connectivity index (χ0n) is 15.2. The highest BCUT2D eigenvalue weighted by molar-refractivity contribution is 7.99. The summed E-state index contributed by atoms with van der Waals surface area (Å²) < 4.78 is 5.56. The number of imide groups is 1. The molecule has 9 heteroatoms. The third-order valence-electron chi connectivity index (χ3n) is 4.27. The van der Waals surface area contributed by atoms with Crippen LogP contribution >= 0.6 is 11.8 Å². The lowest BCUT2D eigenvalue weighted by Crippen LogP contribution is -2.41. The van der Waals surface area contributed by atoms with E-state index in [1.54, 1.807) is 0 Å². The van der Waals surface area contributed by atoms with Crippen molar-refractivity contribution in [1.82, 2.24) is 20.4 Å². The maximum atomic E-state index is 11.9. The number of aromatic nitrogens is 2. The number of carbonyl (C=O) groups excluding carboxylic acids is 3. The molecule has 0 bridgehead atoms. The van der Waals surface area contributed by atoms with Gasteiger partial charge in [0.15, 0.2) is 0 Å². The predicted molar refractivity (Wildman–Crippen MR) is 98.9 cm³/mol. The second kappa shape index (κ2) is 8.34. The Balaban J connectivity index is 1.49. The first kappa shape index (κ1) is 19.1. The molecule has 1 aliphatic heterocycles. The molecule has 8 nitrogen and oxygen atoms in total. The van der Waals surface area contributed by atoms with Crippen LogP contribution in [0.25, 0.3) is 11.5 Å². The van der Waals surface area contributed by atoms with Crippen LogP contribution in [0, 0.1) is 13.8 Å². The van der Waals surface area contributed by atoms with Gasteiger partial charge in [-0.15, -0.1) is 10.2 Å². The maximum Gasteiger partial charge on any atom is 0.277 e. The van der Waals surface area contributed by atoms with E-state index in [-0.39, 0.29) is 23.4 Å². The third-order valence-corrected chi connectivity index (χ3v) is 5.09. The van der Waals surface area contributed by atoms with Crippen LogP contribution in [0.1, 0.15) is 24.0 Å². The molecule has 27 heavy (non-hydrogen) atoms. The van der Waals surface area contributed by atoms with Crippen molar-refractivity contribution in [1.29, 1.82) is 0 Å². The Hall–Kier alpha value is -2.68. The van der Waals surface area contributed by atoms with E-state index in [2.05, 4.69) is 15.5 Å². The summed E-state index contributed by atoms with van der Waals surface area (Å²) in [6, 6.07) is 5.84. The molecule has 3 rings (SSSR count). The lowest BCUT2D eigenvalue weighted by Gasteiger charge is -2.14. The van der Waals surface area contributed by atoms with E-state index in [1.165, 1.54) is 10.5 Å². The molecule has 2 heterocycles. The number of rotatable bonds is 6. The molecule has 2 aromatic rings. The normalized spacial score (nSPS) is 13.9. The van der Waals surface area contributed by atoms with Gasteiger partial charge in [0.05, 0.1) is 12.3 Å². The van der Waals surface area contributed by atoms with Gasteiger partial charge in [-0.05, 0) is 43.5 Å². The number of nitrogens with one attached hydrogen (secondary N) is 1. The van der Waals surface area contributed by atoms with Gasteiger partial charge < -0.3 is 9.32 Å². The van der Waals surface area contributed by atoms with E-state index in [0.29, 0.717) is 18.9 Å². The van der Waals surface area contributed by atoms with Crippen LogP contribution in [0.4, 0.5) is 0 Å². The minimum Gasteiger partial charge on any atom is -0.411 e. The Morgan fingerprint density at radius 3 is 2.74 bits per heavy atom. The monoisotopic (exact) mass is 388 g/mol. The fourth-order valence-electron chi connectivity index (χ4n) is 2.66. The first-order valence-electron chi connectivity index (χ1n) is 8.57. The first-order valence-corrected chi connectivity index (χ1v) is 9.55. The second-order valence-corrected chi connectivity index (χ2v) is 7.28. The van der Waals surface area contributed by atoms with Crippen LogP contribution in [0.15, 0.2) is 27.8 Å². The smallest absolute Gasteiger partial charge is 0.277 e. The number of thioether (sulfide) groups is 1. The van der Waals surface area contributed by atoms with Crippen molar-refractivity contribution in [2.75, 3.05) is 18.8 Å². The number of benzene rings is 1. The van der Waals surface area contributed by atoms with Crippen molar-refractivity contribution in [3.8, 4) is 11.5 Å². The van der Waals surface area contributed by atoms with Crippen LogP contribution in [0.3, 0.4) is 0 Å². The molecule has 1 aliphatic rings. The fourth-order valence-corrected chi connectivity index (χ4v) is 3.23. The van der Waals surface area contributed by atoms with Crippen molar-refractivity contribution in [3.05, 3.63) is 29.3 Å². The summed E-state index contributed by atoms with van der Waals surface area (Å²) in [6.07, 6.45) is 1.20. The maximum absolute atomic E-state index is 11.9. The average molecular weight is 388 g/mol. The largest absolute Gasteiger partial charge is 0.411 e. The van der Waals surface area contributed by atoms with Crippen molar-refractivity contribution in [2.24, 2.45) is 0 Å². The van der Waals surface area contributed by atoms with E-state index < -0.39 is 11.8 Å². The van der Waals surface area contributed by atoms with E-state index in [0.717, 1.165) is 29.3 Å². The molecule has 0 atom stereocenters. The molecule has 3 amide bonds. The fraction of sp³-hybridized carbons (Fsp3) is 0.389. The van der Waals surface area contributed by atoms with E-state index in [9.17, 15) is 14.4 Å². The van der Waals surface area contributed by atoms with Gasteiger partial charge in [0, 0.05) is 18.5 Å². The molecule has 0 radical (unpaired) electrons. The Morgan fingerprint density at radius 2 is 2.04 bits per heavy atom. The Labute approximate surface area is 160 Å². The minimum absolute atomic E-state index is 0.0335. The molecular formula is C18H20N4O4S. The van der Waals surface area contributed by atoms with Crippen LogP contribution < -0.4 is 5.32 Å². The Kier molecular flexibility index (Phi) is 5.90. The molecule has 0 unspecified atom stereocenters. The minimum atomic E-state index is -0.489. The molecule has 1 aromatic carbocycles. The number of likely N-dealkylation sites (tertiary alicyclic amines) is 1. The number of amides is 3. The van der Waals surface area contributed by atoms with Gasteiger partial charge in [0.2, 0.25) is 23.6 Å². The van der Waals surface area contributed by atoms with Crippen LogP contribution in [-0.2, 0) is 14.4 Å². The topological polar surface area (TPSA) is 105 Å². The van der Waals surface area contributed by atoms with Gasteiger partial charge in [0.25, 0.3) is 5.22 Å². The highest BCUT2D eigenvalue weighted by Crippen LogP contribution is 2.24. The number of carbonyl (C=O) groups is 3. The second-order valence-electron chi connectivity index (χ2n) is 6.35. The van der Waals surface area contributed by atoms with Gasteiger partial charge in [-0.25, -0.2) is 0 Å². The summed E-state index contributed by atoms with van der Waals surface area (Å²) in [5.74, 6) is -0.671. The molecular weight excluding hydrogens is 368 g/mol. The quantitative estimate of drug-likeness (QED) is 0.751. The van der Waals surface area contributed by atoms with E-state index in [1.807, 2.05) is 32.0 Å². The summed E-state index contributed by atoms with van der Waals surface area (Å²) in [4.78, 5) is 36.7. The Bertz CT molecular complexity index is 880. The van der Waals surface area contributed by atoms with E-state index in [4.69, 9.17) is 4.42 Å². The van der Waals surface area contributed by atoms with Gasteiger partial charge in [-0.2, -0.15) is 0 Å². The molecule has 1 fully saturated rings. The third kappa shape index (κ3) is 4.94. The number of hydrogen-bond acceptors (Lipinski definition) is 7. The van der Waals surface area contributed by atoms with Crippen molar-refractivity contribution in [2.45, 2.75) is 31.9 Å². The predicted octanol–water partition coefficient (Wildman–Crippen LogP) is 1.71. The SMILES string of the molecule is Cc1ccc(-c2nnc(SCC(=O)NC(=O)CN3CCCC3=O)o2)cc1C. The summed E-state index contributed by atoms with van der Waals surface area (Å²) >= 11 is 1.05. The van der Waals surface area contributed by atoms with Crippen LogP contribution in [0.2, 0.25) is 0 Å². The van der Waals surface area contributed by atoms with Crippen molar-refractivity contribution < 1.29 is 18.8 Å². The molecule has 0 saturated carbocycles. The Morgan fingerprint density at radius 1 is 1.22 bits per heavy atom. The molecule has 142 valence electrons. The van der Waals surface area contributed by atoms with Gasteiger partial charge >= 0.3 is 0 Å². The summed E-state index contributed by atoms with van der Waals surface area (Å²) in [5, 5.41) is 10.4. The van der Waals surface area contributed by atoms with E-state index >= 15 is 0 Å².